The van der Waals surface area contributed by atoms with Gasteiger partial charge in [0.2, 0.25) is 0 Å². The van der Waals surface area contributed by atoms with Crippen LogP contribution in [-0.4, -0.2) is 9.55 Å². The third-order valence-electron chi connectivity index (χ3n) is 2.70. The molecule has 3 heteroatoms. The molecule has 1 aromatic carbocycles. The highest BCUT2D eigenvalue weighted by Crippen LogP contribution is 2.19. The first-order valence-corrected chi connectivity index (χ1v) is 5.03. The van der Waals surface area contributed by atoms with Crippen LogP contribution in [0, 0.1) is 6.92 Å². The predicted octanol–water partition coefficient (Wildman–Crippen LogP) is 2.38. The second kappa shape index (κ2) is 3.77. The predicted molar refractivity (Wildman–Crippen MR) is 61.6 cm³/mol. The number of anilines is 1. The first kappa shape index (κ1) is 9.77. The van der Waals surface area contributed by atoms with Crippen LogP contribution in [0.2, 0.25) is 0 Å². The molecule has 2 rings (SSSR count). The molecular weight excluding hydrogens is 186 g/mol. The molecule has 78 valence electrons. The van der Waals surface area contributed by atoms with E-state index in [9.17, 15) is 0 Å². The van der Waals surface area contributed by atoms with Gasteiger partial charge in [0.05, 0.1) is 6.04 Å². The summed E-state index contributed by atoms with van der Waals surface area (Å²) in [6.45, 7) is 4.16. The summed E-state index contributed by atoms with van der Waals surface area (Å²) < 4.78 is 2.14. The van der Waals surface area contributed by atoms with Gasteiger partial charge in [0.1, 0.15) is 5.82 Å². The lowest BCUT2D eigenvalue weighted by Gasteiger charge is -2.15. The minimum Gasteiger partial charge on any atom is -0.399 e. The fourth-order valence-electron chi connectivity index (χ4n) is 1.73. The van der Waals surface area contributed by atoms with Crippen LogP contribution in [0.15, 0.2) is 36.7 Å². The third kappa shape index (κ3) is 1.86. The Morgan fingerprint density at radius 1 is 1.27 bits per heavy atom. The van der Waals surface area contributed by atoms with Gasteiger partial charge in [-0.1, -0.05) is 12.1 Å². The largest absolute Gasteiger partial charge is 0.399 e. The summed E-state index contributed by atoms with van der Waals surface area (Å²) in [6, 6.07) is 8.27. The Kier molecular flexibility index (Phi) is 2.46. The van der Waals surface area contributed by atoms with Gasteiger partial charge in [-0.3, -0.25) is 0 Å². The van der Waals surface area contributed by atoms with Crippen LogP contribution in [-0.2, 0) is 0 Å². The van der Waals surface area contributed by atoms with Gasteiger partial charge in [0.15, 0.2) is 0 Å². The Hall–Kier alpha value is -1.77. The number of hydrogen-bond acceptors (Lipinski definition) is 2. The Bertz CT molecular complexity index is 442. The smallest absolute Gasteiger partial charge is 0.106 e. The van der Waals surface area contributed by atoms with Crippen LogP contribution >= 0.6 is 0 Å². The summed E-state index contributed by atoms with van der Waals surface area (Å²) >= 11 is 0. The lowest BCUT2D eigenvalue weighted by molar-refractivity contribution is 0.619. The monoisotopic (exact) mass is 201 g/mol. The number of imidazole rings is 1. The molecule has 1 unspecified atom stereocenters. The Morgan fingerprint density at radius 2 is 1.93 bits per heavy atom. The molecule has 0 saturated carbocycles. The minimum absolute atomic E-state index is 0.299. The van der Waals surface area contributed by atoms with Crippen molar-refractivity contribution in [2.75, 3.05) is 5.73 Å². The lowest BCUT2D eigenvalue weighted by Crippen LogP contribution is -2.07. The maximum absolute atomic E-state index is 5.66. The van der Waals surface area contributed by atoms with Crippen LogP contribution in [0.5, 0.6) is 0 Å². The second-order valence-electron chi connectivity index (χ2n) is 3.72. The van der Waals surface area contributed by atoms with E-state index in [1.807, 2.05) is 31.5 Å². The number of hydrogen-bond donors (Lipinski definition) is 1. The molecule has 0 saturated heterocycles. The number of nitrogen functional groups attached to an aromatic ring is 1. The van der Waals surface area contributed by atoms with Crippen molar-refractivity contribution in [3.8, 4) is 0 Å². The van der Waals surface area contributed by atoms with E-state index in [2.05, 4.69) is 28.6 Å². The summed E-state index contributed by atoms with van der Waals surface area (Å²) in [5.41, 5.74) is 7.70. The van der Waals surface area contributed by atoms with E-state index in [0.29, 0.717) is 6.04 Å². The van der Waals surface area contributed by atoms with Gasteiger partial charge in [-0.05, 0) is 31.5 Å². The Morgan fingerprint density at radius 3 is 2.47 bits per heavy atom. The fraction of sp³-hybridized carbons (Fsp3) is 0.250. The number of rotatable bonds is 2. The van der Waals surface area contributed by atoms with Crippen molar-refractivity contribution in [2.24, 2.45) is 0 Å². The zero-order chi connectivity index (χ0) is 10.8. The number of nitrogens with zero attached hydrogens (tertiary/aromatic N) is 2. The van der Waals surface area contributed by atoms with Crippen molar-refractivity contribution in [2.45, 2.75) is 19.9 Å². The van der Waals surface area contributed by atoms with Crippen molar-refractivity contribution in [1.29, 1.82) is 0 Å². The van der Waals surface area contributed by atoms with Crippen LogP contribution in [0.4, 0.5) is 5.69 Å². The lowest BCUT2D eigenvalue weighted by atomic mass is 10.1. The third-order valence-corrected chi connectivity index (χ3v) is 2.70. The highest BCUT2D eigenvalue weighted by molar-refractivity contribution is 5.40. The highest BCUT2D eigenvalue weighted by Gasteiger charge is 2.08. The molecule has 2 N–H and O–H groups in total. The SMILES string of the molecule is Cc1nccn1C(C)c1ccc(N)cc1. The molecule has 1 atom stereocenters. The normalized spacial score (nSPS) is 12.7. The van der Waals surface area contributed by atoms with Crippen molar-refractivity contribution >= 4 is 5.69 Å². The maximum atomic E-state index is 5.66. The molecule has 15 heavy (non-hydrogen) atoms. The van der Waals surface area contributed by atoms with Gasteiger partial charge in [-0.15, -0.1) is 0 Å². The summed E-state index contributed by atoms with van der Waals surface area (Å²) in [5, 5.41) is 0. The molecule has 1 heterocycles. The van der Waals surface area contributed by atoms with E-state index in [1.54, 1.807) is 0 Å². The highest BCUT2D eigenvalue weighted by atomic mass is 15.1. The van der Waals surface area contributed by atoms with E-state index in [4.69, 9.17) is 5.73 Å². The topological polar surface area (TPSA) is 43.8 Å². The molecule has 0 amide bonds. The number of aryl methyl sites for hydroxylation is 1. The van der Waals surface area contributed by atoms with E-state index < -0.39 is 0 Å². The molecule has 0 aliphatic carbocycles. The minimum atomic E-state index is 0.299. The molecule has 3 nitrogen and oxygen atoms in total. The maximum Gasteiger partial charge on any atom is 0.106 e. The zero-order valence-corrected chi connectivity index (χ0v) is 9.01. The van der Waals surface area contributed by atoms with Gasteiger partial charge < -0.3 is 10.3 Å². The second-order valence-corrected chi connectivity index (χ2v) is 3.72. The first-order chi connectivity index (χ1) is 7.18. The summed E-state index contributed by atoms with van der Waals surface area (Å²) in [4.78, 5) is 4.22. The summed E-state index contributed by atoms with van der Waals surface area (Å²) in [5.74, 6) is 1.03. The van der Waals surface area contributed by atoms with Crippen LogP contribution in [0.25, 0.3) is 0 Å². The molecule has 0 fully saturated rings. The summed E-state index contributed by atoms with van der Waals surface area (Å²) in [6.07, 6.45) is 3.82. The van der Waals surface area contributed by atoms with E-state index in [-0.39, 0.29) is 0 Å². The van der Waals surface area contributed by atoms with Crippen molar-refractivity contribution in [1.82, 2.24) is 9.55 Å². The van der Waals surface area contributed by atoms with E-state index >= 15 is 0 Å². The molecule has 0 bridgehead atoms. The average Bonchev–Trinajstić information content (AvgIpc) is 2.65. The molecule has 0 spiro atoms. The average molecular weight is 201 g/mol. The van der Waals surface area contributed by atoms with Gasteiger partial charge in [0.25, 0.3) is 0 Å². The number of nitrogens with two attached hydrogens (primary N) is 1. The molecule has 0 radical (unpaired) electrons. The standard InChI is InChI=1S/C12H15N3/c1-9(15-8-7-14-10(15)2)11-3-5-12(13)6-4-11/h3-9H,13H2,1-2H3. The molecular formula is C12H15N3. The number of aromatic nitrogens is 2. The van der Waals surface area contributed by atoms with Gasteiger partial charge in [0, 0.05) is 18.1 Å². The number of benzene rings is 1. The van der Waals surface area contributed by atoms with E-state index in [1.165, 1.54) is 5.56 Å². The van der Waals surface area contributed by atoms with Crippen LogP contribution in [0.1, 0.15) is 24.4 Å². The fourth-order valence-corrected chi connectivity index (χ4v) is 1.73. The van der Waals surface area contributed by atoms with Gasteiger partial charge in [-0.2, -0.15) is 0 Å². The molecule has 0 aliphatic rings. The first-order valence-electron chi connectivity index (χ1n) is 5.03. The van der Waals surface area contributed by atoms with Crippen LogP contribution < -0.4 is 5.73 Å². The van der Waals surface area contributed by atoms with Crippen molar-refractivity contribution < 1.29 is 0 Å². The summed E-state index contributed by atoms with van der Waals surface area (Å²) in [7, 11) is 0. The Balaban J connectivity index is 2.32. The van der Waals surface area contributed by atoms with Crippen molar-refractivity contribution in [3.63, 3.8) is 0 Å². The van der Waals surface area contributed by atoms with Gasteiger partial charge in [-0.25, -0.2) is 4.98 Å². The zero-order valence-electron chi connectivity index (χ0n) is 9.01. The molecule has 0 aliphatic heterocycles. The molecule has 2 aromatic rings. The molecule has 1 aromatic heterocycles. The van der Waals surface area contributed by atoms with Crippen molar-refractivity contribution in [3.05, 3.63) is 48.0 Å². The van der Waals surface area contributed by atoms with Gasteiger partial charge >= 0.3 is 0 Å². The Labute approximate surface area is 89.6 Å². The van der Waals surface area contributed by atoms with Crippen LogP contribution in [0.3, 0.4) is 0 Å². The quantitative estimate of drug-likeness (QED) is 0.758. The van der Waals surface area contributed by atoms with E-state index in [0.717, 1.165) is 11.5 Å².